The predicted molar refractivity (Wildman–Crippen MR) is 107 cm³/mol. The Labute approximate surface area is 166 Å². The molecule has 1 aliphatic carbocycles. The summed E-state index contributed by atoms with van der Waals surface area (Å²) in [5, 5.41) is 0.571. The van der Waals surface area contributed by atoms with Gasteiger partial charge in [-0.2, -0.15) is 0 Å². The van der Waals surface area contributed by atoms with Crippen molar-refractivity contribution in [3.05, 3.63) is 64.7 Å². The van der Waals surface area contributed by atoms with Crippen LogP contribution in [0.2, 0.25) is 5.02 Å². The van der Waals surface area contributed by atoms with Crippen molar-refractivity contribution in [3.63, 3.8) is 0 Å². The number of carbonyl (C=O) groups is 1. The molecule has 0 heterocycles. The minimum absolute atomic E-state index is 0.104. The van der Waals surface area contributed by atoms with Crippen molar-refractivity contribution in [2.75, 3.05) is 0 Å². The van der Waals surface area contributed by atoms with Gasteiger partial charge in [-0.25, -0.2) is 13.1 Å². The highest BCUT2D eigenvalue weighted by atomic mass is 35.5. The highest BCUT2D eigenvalue weighted by Crippen LogP contribution is 2.37. The first-order valence-corrected chi connectivity index (χ1v) is 11.0. The van der Waals surface area contributed by atoms with E-state index in [1.54, 1.807) is 48.5 Å². The second kappa shape index (κ2) is 8.13. The van der Waals surface area contributed by atoms with E-state index in [0.717, 1.165) is 24.0 Å². The molecule has 1 aliphatic rings. The average Bonchev–Trinajstić information content (AvgIpc) is 2.61. The van der Waals surface area contributed by atoms with Gasteiger partial charge in [0.05, 0.1) is 10.9 Å². The molecular weight excluding hydrogens is 382 g/mol. The fraction of sp³-hybridized carbons (Fsp3) is 0.381. The number of carbonyl (C=O) groups excluding carboxylic acids is 1. The summed E-state index contributed by atoms with van der Waals surface area (Å²) in [6.07, 6.45) is 2.26. The highest BCUT2D eigenvalue weighted by molar-refractivity contribution is 7.89. The number of rotatable bonds is 5. The van der Waals surface area contributed by atoms with Crippen LogP contribution in [0.15, 0.2) is 53.4 Å². The SMILES string of the molecule is Cc1ccc(S(=O)(=O)N[C@H](c2ccc(Cl)cc2)[C@@H]2C(=O)CCC[C@H]2C)cc1. The Balaban J connectivity index is 2.00. The lowest BCUT2D eigenvalue weighted by molar-refractivity contribution is -0.127. The van der Waals surface area contributed by atoms with Crippen LogP contribution in [0.25, 0.3) is 0 Å². The third kappa shape index (κ3) is 4.60. The third-order valence-electron chi connectivity index (χ3n) is 5.27. The molecule has 1 N–H and O–H groups in total. The maximum Gasteiger partial charge on any atom is 0.241 e. The zero-order valence-corrected chi connectivity index (χ0v) is 17.1. The molecule has 4 nitrogen and oxygen atoms in total. The molecule has 6 heteroatoms. The number of ketones is 1. The second-order valence-electron chi connectivity index (χ2n) is 7.33. The summed E-state index contributed by atoms with van der Waals surface area (Å²) in [4.78, 5) is 12.9. The van der Waals surface area contributed by atoms with Crippen molar-refractivity contribution in [2.45, 2.75) is 44.0 Å². The molecule has 0 bridgehead atoms. The first-order valence-electron chi connectivity index (χ1n) is 9.15. The van der Waals surface area contributed by atoms with Crippen LogP contribution in [0.1, 0.15) is 43.4 Å². The Kier molecular flexibility index (Phi) is 6.04. The van der Waals surface area contributed by atoms with Crippen LogP contribution in [-0.2, 0) is 14.8 Å². The Morgan fingerprint density at radius 3 is 2.30 bits per heavy atom. The van der Waals surface area contributed by atoms with Crippen LogP contribution < -0.4 is 4.72 Å². The smallest absolute Gasteiger partial charge is 0.241 e. The van der Waals surface area contributed by atoms with Gasteiger partial charge in [-0.15, -0.1) is 0 Å². The molecule has 1 saturated carbocycles. The van der Waals surface area contributed by atoms with Crippen LogP contribution in [0.3, 0.4) is 0 Å². The fourth-order valence-electron chi connectivity index (χ4n) is 3.75. The molecule has 0 saturated heterocycles. The molecule has 2 aromatic rings. The zero-order chi connectivity index (χ0) is 19.6. The third-order valence-corrected chi connectivity index (χ3v) is 6.98. The van der Waals surface area contributed by atoms with Crippen LogP contribution >= 0.6 is 11.6 Å². The van der Waals surface area contributed by atoms with E-state index in [1.807, 2.05) is 13.8 Å². The van der Waals surface area contributed by atoms with E-state index in [-0.39, 0.29) is 22.5 Å². The number of hydrogen-bond donors (Lipinski definition) is 1. The van der Waals surface area contributed by atoms with E-state index >= 15 is 0 Å². The molecule has 3 atom stereocenters. The summed E-state index contributed by atoms with van der Waals surface area (Å²) in [5.41, 5.74) is 1.74. The van der Waals surface area contributed by atoms with E-state index in [1.165, 1.54) is 0 Å². The number of nitrogens with one attached hydrogen (secondary N) is 1. The lowest BCUT2D eigenvalue weighted by Crippen LogP contribution is -2.41. The number of hydrogen-bond acceptors (Lipinski definition) is 3. The van der Waals surface area contributed by atoms with Gasteiger partial charge >= 0.3 is 0 Å². The lowest BCUT2D eigenvalue weighted by atomic mass is 9.74. The van der Waals surface area contributed by atoms with Crippen LogP contribution in [0.4, 0.5) is 0 Å². The number of aryl methyl sites for hydroxylation is 1. The molecule has 1 fully saturated rings. The minimum Gasteiger partial charge on any atom is -0.299 e. The number of benzene rings is 2. The molecule has 3 rings (SSSR count). The van der Waals surface area contributed by atoms with Gasteiger partial charge in [0.25, 0.3) is 0 Å². The van der Waals surface area contributed by atoms with Crippen molar-refractivity contribution in [3.8, 4) is 0 Å². The highest BCUT2D eigenvalue weighted by Gasteiger charge is 2.38. The van der Waals surface area contributed by atoms with Crippen molar-refractivity contribution in [2.24, 2.45) is 11.8 Å². The monoisotopic (exact) mass is 405 g/mol. The molecule has 144 valence electrons. The molecule has 0 aliphatic heterocycles. The number of Topliss-reactive ketones (excluding diaryl/α,β-unsaturated/α-hetero) is 1. The molecule has 2 aromatic carbocycles. The molecule has 0 spiro atoms. The second-order valence-corrected chi connectivity index (χ2v) is 9.48. The van der Waals surface area contributed by atoms with Crippen molar-refractivity contribution in [1.29, 1.82) is 0 Å². The topological polar surface area (TPSA) is 63.2 Å². The molecule has 27 heavy (non-hydrogen) atoms. The summed E-state index contributed by atoms with van der Waals surface area (Å²) in [7, 11) is -3.77. The maximum absolute atomic E-state index is 13.0. The first-order chi connectivity index (χ1) is 12.8. The zero-order valence-electron chi connectivity index (χ0n) is 15.5. The van der Waals surface area contributed by atoms with E-state index in [2.05, 4.69) is 4.72 Å². The quantitative estimate of drug-likeness (QED) is 0.785. The summed E-state index contributed by atoms with van der Waals surface area (Å²) in [6.45, 7) is 3.92. The first kappa shape index (κ1) is 20.1. The normalized spacial score (nSPS) is 21.8. The van der Waals surface area contributed by atoms with E-state index < -0.39 is 16.1 Å². The molecule has 0 amide bonds. The predicted octanol–water partition coefficient (Wildman–Crippen LogP) is 4.67. The van der Waals surface area contributed by atoms with Gasteiger partial charge in [0.15, 0.2) is 0 Å². The van der Waals surface area contributed by atoms with Gasteiger partial charge in [-0.3, -0.25) is 4.79 Å². The standard InChI is InChI=1S/C21H24ClNO3S/c1-14-6-12-18(13-7-14)27(25,26)23-21(16-8-10-17(22)11-9-16)20-15(2)4-3-5-19(20)24/h6-13,15,20-21,23H,3-5H2,1-2H3/t15-,20+,21-/m1/s1. The van der Waals surface area contributed by atoms with E-state index in [4.69, 9.17) is 11.6 Å². The lowest BCUT2D eigenvalue weighted by Gasteiger charge is -2.34. The summed E-state index contributed by atoms with van der Waals surface area (Å²) in [6, 6.07) is 13.1. The van der Waals surface area contributed by atoms with Gasteiger partial charge < -0.3 is 0 Å². The summed E-state index contributed by atoms with van der Waals surface area (Å²) >= 11 is 6.00. The van der Waals surface area contributed by atoms with Crippen molar-refractivity contribution in [1.82, 2.24) is 4.72 Å². The van der Waals surface area contributed by atoms with Gasteiger partial charge in [0.1, 0.15) is 5.78 Å². The fourth-order valence-corrected chi connectivity index (χ4v) is 5.12. The Bertz CT molecular complexity index is 907. The Hall–Kier alpha value is -1.69. The average molecular weight is 406 g/mol. The van der Waals surface area contributed by atoms with E-state index in [9.17, 15) is 13.2 Å². The van der Waals surface area contributed by atoms with Gasteiger partial charge in [0, 0.05) is 17.4 Å². The van der Waals surface area contributed by atoms with Gasteiger partial charge in [-0.1, -0.05) is 48.4 Å². The van der Waals surface area contributed by atoms with Crippen molar-refractivity contribution >= 4 is 27.4 Å². The maximum atomic E-state index is 13.0. The number of halogens is 1. The summed E-state index contributed by atoms with van der Waals surface area (Å²) < 4.78 is 28.8. The molecular formula is C21H24ClNO3S. The van der Waals surface area contributed by atoms with Crippen LogP contribution in [-0.4, -0.2) is 14.2 Å². The number of sulfonamides is 1. The molecule has 0 radical (unpaired) electrons. The van der Waals surface area contributed by atoms with Crippen LogP contribution in [0, 0.1) is 18.8 Å². The Morgan fingerprint density at radius 2 is 1.70 bits per heavy atom. The van der Waals surface area contributed by atoms with E-state index in [0.29, 0.717) is 11.4 Å². The van der Waals surface area contributed by atoms with Gasteiger partial charge in [0.2, 0.25) is 10.0 Å². The van der Waals surface area contributed by atoms with Crippen molar-refractivity contribution < 1.29 is 13.2 Å². The largest absolute Gasteiger partial charge is 0.299 e. The Morgan fingerprint density at radius 1 is 1.07 bits per heavy atom. The molecule has 0 aromatic heterocycles. The molecule has 0 unspecified atom stereocenters. The van der Waals surface area contributed by atoms with Crippen LogP contribution in [0.5, 0.6) is 0 Å². The summed E-state index contributed by atoms with van der Waals surface area (Å²) in [5.74, 6) is -0.173. The minimum atomic E-state index is -3.77. The van der Waals surface area contributed by atoms with Gasteiger partial charge in [-0.05, 0) is 55.5 Å².